The van der Waals surface area contributed by atoms with Crippen LogP contribution in [-0.4, -0.2) is 40.5 Å². The number of anilines is 1. The number of alkyl halides is 6. The van der Waals surface area contributed by atoms with Crippen molar-refractivity contribution < 1.29 is 36.2 Å². The zero-order chi connectivity index (χ0) is 18.1. The van der Waals surface area contributed by atoms with Crippen LogP contribution in [-0.2, 0) is 0 Å². The molecule has 0 fully saturated rings. The maximum Gasteiger partial charge on any atom is 0.439 e. The van der Waals surface area contributed by atoms with Crippen molar-refractivity contribution in [2.75, 3.05) is 11.9 Å². The SMILES string of the molecule is CCN(C(=O)[O-])C(Nc1ccc(Cl)cn1)(C(F)(F)F)C(F)(F)F. The van der Waals surface area contributed by atoms with Crippen molar-refractivity contribution in [2.45, 2.75) is 24.9 Å². The van der Waals surface area contributed by atoms with Gasteiger partial charge in [0, 0.05) is 12.7 Å². The van der Waals surface area contributed by atoms with E-state index in [0.717, 1.165) is 30.6 Å². The van der Waals surface area contributed by atoms with Gasteiger partial charge < -0.3 is 20.1 Å². The highest BCUT2D eigenvalue weighted by Crippen LogP contribution is 2.47. The number of pyridine rings is 1. The molecule has 0 saturated carbocycles. The van der Waals surface area contributed by atoms with Crippen molar-refractivity contribution in [1.29, 1.82) is 0 Å². The van der Waals surface area contributed by atoms with Crippen LogP contribution in [0.1, 0.15) is 6.92 Å². The first-order valence-electron chi connectivity index (χ1n) is 5.88. The molecule has 0 atom stereocenters. The zero-order valence-corrected chi connectivity index (χ0v) is 12.1. The van der Waals surface area contributed by atoms with Crippen LogP contribution in [0.25, 0.3) is 0 Å². The topological polar surface area (TPSA) is 68.3 Å². The molecule has 0 radical (unpaired) electrons. The second-order valence-electron chi connectivity index (χ2n) is 4.20. The third-order valence-electron chi connectivity index (χ3n) is 2.80. The Kier molecular flexibility index (Phi) is 5.24. The molecule has 0 aliphatic heterocycles. The Labute approximate surface area is 130 Å². The highest BCUT2D eigenvalue weighted by atomic mass is 35.5. The Morgan fingerprint density at radius 3 is 2.09 bits per heavy atom. The van der Waals surface area contributed by atoms with E-state index in [1.54, 1.807) is 0 Å². The minimum atomic E-state index is -6.05. The molecule has 0 aliphatic rings. The summed E-state index contributed by atoms with van der Waals surface area (Å²) in [5.74, 6) is -0.872. The first-order chi connectivity index (χ1) is 10.4. The molecule has 1 rings (SSSR count). The normalized spacial score (nSPS) is 12.9. The van der Waals surface area contributed by atoms with E-state index in [1.807, 2.05) is 0 Å². The molecular weight excluding hydrogens is 356 g/mol. The van der Waals surface area contributed by atoms with Gasteiger partial charge in [0.25, 0.3) is 0 Å². The molecule has 0 spiro atoms. The van der Waals surface area contributed by atoms with Crippen LogP contribution in [0.15, 0.2) is 18.3 Å². The van der Waals surface area contributed by atoms with Crippen molar-refractivity contribution >= 4 is 23.5 Å². The van der Waals surface area contributed by atoms with Crippen molar-refractivity contribution in [3.05, 3.63) is 23.4 Å². The van der Waals surface area contributed by atoms with Crippen LogP contribution in [0.2, 0.25) is 5.02 Å². The maximum atomic E-state index is 13.3. The van der Waals surface area contributed by atoms with Crippen LogP contribution in [0.4, 0.5) is 37.0 Å². The number of nitrogens with zero attached hydrogens (tertiary/aromatic N) is 2. The Bertz CT molecular complexity index is 546. The van der Waals surface area contributed by atoms with Gasteiger partial charge in [0.15, 0.2) is 0 Å². The van der Waals surface area contributed by atoms with E-state index >= 15 is 0 Å². The Hall–Kier alpha value is -1.91. The Balaban J connectivity index is 3.56. The predicted octanol–water partition coefficient (Wildman–Crippen LogP) is 2.63. The van der Waals surface area contributed by atoms with Crippen molar-refractivity contribution in [1.82, 2.24) is 9.88 Å². The van der Waals surface area contributed by atoms with Crippen LogP contribution in [0.5, 0.6) is 0 Å². The summed E-state index contributed by atoms with van der Waals surface area (Å²) in [6, 6.07) is 1.74. The molecule has 1 amide bonds. The summed E-state index contributed by atoms with van der Waals surface area (Å²) in [7, 11) is 0. The number of carbonyl (C=O) groups is 1. The molecule has 0 unspecified atom stereocenters. The van der Waals surface area contributed by atoms with Crippen LogP contribution >= 0.6 is 11.6 Å². The molecule has 0 bridgehead atoms. The first kappa shape index (κ1) is 19.1. The number of carbonyl (C=O) groups excluding carboxylic acids is 1. The van der Waals surface area contributed by atoms with Gasteiger partial charge >= 0.3 is 18.0 Å². The molecule has 23 heavy (non-hydrogen) atoms. The molecule has 1 heterocycles. The molecule has 5 nitrogen and oxygen atoms in total. The molecule has 130 valence electrons. The van der Waals surface area contributed by atoms with E-state index in [0.29, 0.717) is 0 Å². The van der Waals surface area contributed by atoms with Gasteiger partial charge in [0.2, 0.25) is 0 Å². The smallest absolute Gasteiger partial charge is 0.439 e. The van der Waals surface area contributed by atoms with Crippen LogP contribution in [0, 0.1) is 0 Å². The summed E-state index contributed by atoms with van der Waals surface area (Å²) < 4.78 is 79.6. The van der Waals surface area contributed by atoms with Crippen LogP contribution < -0.4 is 10.4 Å². The van der Waals surface area contributed by atoms with E-state index < -0.39 is 41.4 Å². The van der Waals surface area contributed by atoms with Gasteiger partial charge in [-0.25, -0.2) is 4.98 Å². The van der Waals surface area contributed by atoms with Gasteiger partial charge in [-0.15, -0.1) is 0 Å². The third-order valence-corrected chi connectivity index (χ3v) is 3.02. The summed E-state index contributed by atoms with van der Waals surface area (Å²) in [4.78, 5) is 13.2. The van der Waals surface area contributed by atoms with Crippen molar-refractivity contribution in [3.63, 3.8) is 0 Å². The van der Waals surface area contributed by atoms with E-state index in [9.17, 15) is 36.2 Å². The summed E-state index contributed by atoms with van der Waals surface area (Å²) in [5, 5.41) is 11.9. The van der Waals surface area contributed by atoms with Gasteiger partial charge in [-0.1, -0.05) is 11.6 Å². The Morgan fingerprint density at radius 1 is 1.26 bits per heavy atom. The molecule has 0 saturated heterocycles. The number of hydrogen-bond acceptors (Lipinski definition) is 4. The fourth-order valence-electron chi connectivity index (χ4n) is 1.81. The lowest BCUT2D eigenvalue weighted by Gasteiger charge is -2.46. The fraction of sp³-hybridized carbons (Fsp3) is 0.455. The number of aromatic nitrogens is 1. The van der Waals surface area contributed by atoms with Crippen LogP contribution in [0.3, 0.4) is 0 Å². The number of amides is 1. The highest BCUT2D eigenvalue weighted by molar-refractivity contribution is 6.30. The second kappa shape index (κ2) is 6.30. The highest BCUT2D eigenvalue weighted by Gasteiger charge is 2.75. The summed E-state index contributed by atoms with van der Waals surface area (Å²) in [5.41, 5.74) is -4.92. The summed E-state index contributed by atoms with van der Waals surface area (Å²) in [6.45, 7) is -0.332. The number of carboxylic acid groups (broad SMARTS) is 1. The van der Waals surface area contributed by atoms with E-state index in [1.165, 1.54) is 0 Å². The van der Waals surface area contributed by atoms with Gasteiger partial charge in [-0.3, -0.25) is 0 Å². The number of hydrogen-bond donors (Lipinski definition) is 1. The van der Waals surface area contributed by atoms with Gasteiger partial charge in [-0.2, -0.15) is 26.3 Å². The maximum absolute atomic E-state index is 13.3. The predicted molar refractivity (Wildman–Crippen MR) is 65.5 cm³/mol. The average Bonchev–Trinajstić information content (AvgIpc) is 2.37. The molecular formula is C11H9ClF6N3O2-. The van der Waals surface area contributed by atoms with Gasteiger partial charge in [-0.05, 0) is 19.1 Å². The molecule has 0 aliphatic carbocycles. The average molecular weight is 365 g/mol. The number of rotatable bonds is 4. The van der Waals surface area contributed by atoms with E-state index in [2.05, 4.69) is 4.98 Å². The van der Waals surface area contributed by atoms with Gasteiger partial charge in [0.05, 0.1) is 5.02 Å². The van der Waals surface area contributed by atoms with E-state index in [-0.39, 0.29) is 5.02 Å². The lowest BCUT2D eigenvalue weighted by molar-refractivity contribution is -0.346. The third kappa shape index (κ3) is 3.54. The Morgan fingerprint density at radius 2 is 1.78 bits per heavy atom. The van der Waals surface area contributed by atoms with Gasteiger partial charge in [0.1, 0.15) is 11.9 Å². The second-order valence-corrected chi connectivity index (χ2v) is 4.64. The van der Waals surface area contributed by atoms with Crippen molar-refractivity contribution in [2.24, 2.45) is 0 Å². The zero-order valence-electron chi connectivity index (χ0n) is 11.3. The largest absolute Gasteiger partial charge is 0.530 e. The minimum absolute atomic E-state index is 0.0348. The lowest BCUT2D eigenvalue weighted by atomic mass is 10.1. The standard InChI is InChI=1S/C11H10ClF6N3O2/c1-2-21(8(22)23)9(10(13,14)15,11(16,17)18)20-7-4-3-6(12)5-19-7/h3-5H,2H2,1H3,(H,19,20)(H,22,23)/p-1. The van der Waals surface area contributed by atoms with E-state index in [4.69, 9.17) is 11.6 Å². The number of halogens is 7. The molecule has 12 heteroatoms. The summed E-state index contributed by atoms with van der Waals surface area (Å²) in [6.07, 6.45) is -14.0. The quantitative estimate of drug-likeness (QED) is 0.659. The molecule has 1 N–H and O–H groups in total. The number of nitrogens with one attached hydrogen (secondary N) is 1. The monoisotopic (exact) mass is 364 g/mol. The fourth-order valence-corrected chi connectivity index (χ4v) is 1.93. The molecule has 1 aromatic heterocycles. The first-order valence-corrected chi connectivity index (χ1v) is 6.26. The summed E-state index contributed by atoms with van der Waals surface area (Å²) >= 11 is 5.45. The minimum Gasteiger partial charge on any atom is -0.530 e. The lowest BCUT2D eigenvalue weighted by Crippen LogP contribution is -2.74. The van der Waals surface area contributed by atoms with Crippen molar-refractivity contribution in [3.8, 4) is 0 Å². The molecule has 1 aromatic rings. The molecule has 0 aromatic carbocycles.